The molecule has 0 unspecified atom stereocenters. The van der Waals surface area contributed by atoms with Crippen LogP contribution in [0.15, 0.2) is 54.6 Å². The number of rotatable bonds is 5. The van der Waals surface area contributed by atoms with E-state index in [4.69, 9.17) is 9.47 Å². The van der Waals surface area contributed by atoms with Crippen molar-refractivity contribution in [2.45, 2.75) is 20.0 Å². The molecule has 2 aromatic carbocycles. The predicted molar refractivity (Wildman–Crippen MR) is 73.1 cm³/mol. The number of hydrogen-bond acceptors (Lipinski definition) is 3. The summed E-state index contributed by atoms with van der Waals surface area (Å²) in [5.74, 6) is 1.05. The highest BCUT2D eigenvalue weighted by Gasteiger charge is 2.02. The van der Waals surface area contributed by atoms with Crippen LogP contribution in [0.5, 0.6) is 11.5 Å². The van der Waals surface area contributed by atoms with Gasteiger partial charge in [-0.3, -0.25) is 4.79 Å². The highest BCUT2D eigenvalue weighted by molar-refractivity contribution is 5.71. The lowest BCUT2D eigenvalue weighted by atomic mass is 10.2. The van der Waals surface area contributed by atoms with E-state index >= 15 is 0 Å². The van der Waals surface area contributed by atoms with Crippen LogP contribution in [0.4, 0.5) is 0 Å². The summed E-state index contributed by atoms with van der Waals surface area (Å²) >= 11 is 0. The summed E-state index contributed by atoms with van der Waals surface area (Å²) in [7, 11) is 0. The van der Waals surface area contributed by atoms with Crippen LogP contribution < -0.4 is 9.47 Å². The Kier molecular flexibility index (Phi) is 4.56. The molecule has 3 heteroatoms. The fourth-order valence-electron chi connectivity index (χ4n) is 1.55. The monoisotopic (exact) mass is 256 g/mol. The minimum atomic E-state index is -0.238. The largest absolute Gasteiger partial charge is 0.489 e. The third-order valence-corrected chi connectivity index (χ3v) is 2.59. The maximum atomic E-state index is 11.1. The Morgan fingerprint density at radius 2 is 1.58 bits per heavy atom. The molecule has 0 atom stereocenters. The summed E-state index contributed by atoms with van der Waals surface area (Å²) in [5.41, 5.74) is 1.11. The molecular weight excluding hydrogens is 240 g/mol. The van der Waals surface area contributed by atoms with E-state index < -0.39 is 0 Å². The van der Waals surface area contributed by atoms with Gasteiger partial charge in [0.15, 0.2) is 0 Å². The molecular formula is C16H16O3. The second kappa shape index (κ2) is 6.59. The van der Waals surface area contributed by atoms with Crippen LogP contribution in [0, 0.1) is 0 Å². The van der Waals surface area contributed by atoms with Gasteiger partial charge in [0, 0.05) is 6.42 Å². The third kappa shape index (κ3) is 4.14. The smallest absolute Gasteiger partial charge is 0.310 e. The maximum Gasteiger partial charge on any atom is 0.310 e. The Morgan fingerprint density at radius 1 is 0.947 bits per heavy atom. The first-order valence-corrected chi connectivity index (χ1v) is 6.25. The molecule has 0 saturated carbocycles. The molecule has 2 aromatic rings. The van der Waals surface area contributed by atoms with Gasteiger partial charge < -0.3 is 9.47 Å². The zero-order chi connectivity index (χ0) is 13.5. The molecule has 0 radical (unpaired) electrons. The summed E-state index contributed by atoms with van der Waals surface area (Å²) in [6.45, 7) is 2.29. The predicted octanol–water partition coefficient (Wildman–Crippen LogP) is 3.58. The van der Waals surface area contributed by atoms with Crippen molar-refractivity contribution in [3.05, 3.63) is 60.2 Å². The van der Waals surface area contributed by atoms with Crippen molar-refractivity contribution in [2.24, 2.45) is 0 Å². The van der Waals surface area contributed by atoms with Gasteiger partial charge in [0.2, 0.25) is 0 Å². The molecule has 0 spiro atoms. The molecule has 0 aliphatic heterocycles. The molecule has 0 fully saturated rings. The van der Waals surface area contributed by atoms with Crippen LogP contribution in [-0.2, 0) is 11.4 Å². The van der Waals surface area contributed by atoms with Gasteiger partial charge in [0.05, 0.1) is 0 Å². The van der Waals surface area contributed by atoms with Crippen LogP contribution >= 0.6 is 0 Å². The molecule has 0 aliphatic carbocycles. The van der Waals surface area contributed by atoms with Gasteiger partial charge in [0.1, 0.15) is 18.1 Å². The second-order valence-corrected chi connectivity index (χ2v) is 4.07. The highest BCUT2D eigenvalue weighted by atomic mass is 16.5. The van der Waals surface area contributed by atoms with E-state index in [2.05, 4.69) is 0 Å². The summed E-state index contributed by atoms with van der Waals surface area (Å²) in [5, 5.41) is 0. The second-order valence-electron chi connectivity index (χ2n) is 4.07. The average Bonchev–Trinajstić information content (AvgIpc) is 2.47. The van der Waals surface area contributed by atoms with Crippen LogP contribution in [0.3, 0.4) is 0 Å². The van der Waals surface area contributed by atoms with Crippen LogP contribution in [0.1, 0.15) is 18.9 Å². The zero-order valence-corrected chi connectivity index (χ0v) is 10.8. The molecule has 0 bridgehead atoms. The fraction of sp³-hybridized carbons (Fsp3) is 0.188. The molecule has 3 nitrogen and oxygen atoms in total. The van der Waals surface area contributed by atoms with Crippen molar-refractivity contribution in [2.75, 3.05) is 0 Å². The van der Waals surface area contributed by atoms with Gasteiger partial charge >= 0.3 is 5.97 Å². The Morgan fingerprint density at radius 3 is 2.21 bits per heavy atom. The average molecular weight is 256 g/mol. The van der Waals surface area contributed by atoms with Gasteiger partial charge in [-0.25, -0.2) is 0 Å². The van der Waals surface area contributed by atoms with Crippen LogP contribution in [0.2, 0.25) is 0 Å². The topological polar surface area (TPSA) is 35.5 Å². The molecule has 2 rings (SSSR count). The SMILES string of the molecule is CCC(=O)Oc1ccc(OCc2ccccc2)cc1. The lowest BCUT2D eigenvalue weighted by Gasteiger charge is -2.07. The molecule has 0 heterocycles. The lowest BCUT2D eigenvalue weighted by Crippen LogP contribution is -2.05. The van der Waals surface area contributed by atoms with E-state index in [1.54, 1.807) is 31.2 Å². The first kappa shape index (κ1) is 13.1. The summed E-state index contributed by atoms with van der Waals surface area (Å²) < 4.78 is 10.7. The maximum absolute atomic E-state index is 11.1. The zero-order valence-electron chi connectivity index (χ0n) is 10.8. The minimum absolute atomic E-state index is 0.238. The lowest BCUT2D eigenvalue weighted by molar-refractivity contribution is -0.134. The van der Waals surface area contributed by atoms with E-state index in [1.807, 2.05) is 30.3 Å². The van der Waals surface area contributed by atoms with Crippen molar-refractivity contribution < 1.29 is 14.3 Å². The van der Waals surface area contributed by atoms with Crippen molar-refractivity contribution in [1.82, 2.24) is 0 Å². The first-order valence-electron chi connectivity index (χ1n) is 6.25. The number of carbonyl (C=O) groups excluding carboxylic acids is 1. The van der Waals surface area contributed by atoms with Gasteiger partial charge in [-0.2, -0.15) is 0 Å². The molecule has 0 saturated heterocycles. The highest BCUT2D eigenvalue weighted by Crippen LogP contribution is 2.19. The van der Waals surface area contributed by atoms with E-state index in [9.17, 15) is 4.79 Å². The van der Waals surface area contributed by atoms with Crippen LogP contribution in [-0.4, -0.2) is 5.97 Å². The van der Waals surface area contributed by atoms with Crippen molar-refractivity contribution in [1.29, 1.82) is 0 Å². The number of benzene rings is 2. The van der Waals surface area contributed by atoms with Gasteiger partial charge in [0.25, 0.3) is 0 Å². The van der Waals surface area contributed by atoms with E-state index in [0.717, 1.165) is 11.3 Å². The minimum Gasteiger partial charge on any atom is -0.489 e. The quantitative estimate of drug-likeness (QED) is 0.606. The summed E-state index contributed by atoms with van der Waals surface area (Å²) in [6, 6.07) is 17.0. The number of esters is 1. The number of ether oxygens (including phenoxy) is 2. The van der Waals surface area contributed by atoms with E-state index in [1.165, 1.54) is 0 Å². The van der Waals surface area contributed by atoms with Gasteiger partial charge in [-0.05, 0) is 29.8 Å². The van der Waals surface area contributed by atoms with E-state index in [-0.39, 0.29) is 5.97 Å². The Bertz CT molecular complexity index is 517. The number of hydrogen-bond donors (Lipinski definition) is 0. The van der Waals surface area contributed by atoms with Crippen molar-refractivity contribution >= 4 is 5.97 Å². The van der Waals surface area contributed by atoms with Crippen molar-refractivity contribution in [3.8, 4) is 11.5 Å². The molecule has 19 heavy (non-hydrogen) atoms. The van der Waals surface area contributed by atoms with Crippen molar-refractivity contribution in [3.63, 3.8) is 0 Å². The Hall–Kier alpha value is -2.29. The molecule has 0 N–H and O–H groups in total. The normalized spacial score (nSPS) is 9.95. The Labute approximate surface area is 112 Å². The third-order valence-electron chi connectivity index (χ3n) is 2.59. The van der Waals surface area contributed by atoms with Gasteiger partial charge in [-0.15, -0.1) is 0 Å². The number of carbonyl (C=O) groups is 1. The molecule has 0 amide bonds. The molecule has 98 valence electrons. The summed E-state index contributed by atoms with van der Waals surface area (Å²) in [6.07, 6.45) is 0.367. The van der Waals surface area contributed by atoms with Crippen LogP contribution in [0.25, 0.3) is 0 Å². The first-order chi connectivity index (χ1) is 9.28. The van der Waals surface area contributed by atoms with E-state index in [0.29, 0.717) is 18.8 Å². The van der Waals surface area contributed by atoms with Gasteiger partial charge in [-0.1, -0.05) is 37.3 Å². The molecule has 0 aliphatic rings. The Balaban J connectivity index is 1.90. The molecule has 0 aromatic heterocycles. The summed E-state index contributed by atoms with van der Waals surface area (Å²) in [4.78, 5) is 11.1. The fourth-order valence-corrected chi connectivity index (χ4v) is 1.55. The standard InChI is InChI=1S/C16H16O3/c1-2-16(17)19-15-10-8-14(9-11-15)18-12-13-6-4-3-5-7-13/h3-11H,2,12H2,1H3.